The first-order chi connectivity index (χ1) is 11.0. The predicted octanol–water partition coefficient (Wildman–Crippen LogP) is 0.963. The highest BCUT2D eigenvalue weighted by Gasteiger charge is 2.24. The largest absolute Gasteiger partial charge is 0.387 e. The minimum absolute atomic E-state index is 0.0438. The first-order valence-corrected chi connectivity index (χ1v) is 7.64. The van der Waals surface area contributed by atoms with Crippen LogP contribution in [0.15, 0.2) is 17.1 Å². The van der Waals surface area contributed by atoms with Crippen molar-refractivity contribution in [2.45, 2.75) is 20.3 Å². The summed E-state index contributed by atoms with van der Waals surface area (Å²) in [6, 6.07) is 1.78. The van der Waals surface area contributed by atoms with Gasteiger partial charge in [0.2, 0.25) is 5.91 Å². The quantitative estimate of drug-likeness (QED) is 0.554. The molecule has 0 saturated carbocycles. The second-order valence-corrected chi connectivity index (χ2v) is 5.30. The van der Waals surface area contributed by atoms with Gasteiger partial charge in [-0.05, 0) is 19.9 Å². The topological polar surface area (TPSA) is 114 Å². The van der Waals surface area contributed by atoms with E-state index in [1.807, 2.05) is 26.0 Å². The van der Waals surface area contributed by atoms with Gasteiger partial charge in [0.1, 0.15) is 11.7 Å². The van der Waals surface area contributed by atoms with Gasteiger partial charge in [-0.3, -0.25) is 15.3 Å². The Bertz CT molecular complexity index is 632. The first-order valence-electron chi connectivity index (χ1n) is 7.64. The normalized spacial score (nSPS) is 16.4. The van der Waals surface area contributed by atoms with Gasteiger partial charge in [0, 0.05) is 25.7 Å². The number of carbonyl (C=O) groups is 1. The Morgan fingerprint density at radius 2 is 2.35 bits per heavy atom. The van der Waals surface area contributed by atoms with Crippen molar-refractivity contribution < 1.29 is 4.79 Å². The zero-order valence-electron chi connectivity index (χ0n) is 13.5. The van der Waals surface area contributed by atoms with Crippen LogP contribution < -0.4 is 5.73 Å². The number of likely N-dealkylation sites (N-methyl/N-ethyl adjacent to an activating group) is 1. The van der Waals surface area contributed by atoms with Gasteiger partial charge in [-0.1, -0.05) is 6.08 Å². The fourth-order valence-corrected chi connectivity index (χ4v) is 2.39. The monoisotopic (exact) mass is 317 g/mol. The molecule has 1 aromatic heterocycles. The third-order valence-corrected chi connectivity index (χ3v) is 3.62. The molecule has 8 heteroatoms. The highest BCUT2D eigenvalue weighted by molar-refractivity contribution is 6.02. The van der Waals surface area contributed by atoms with Crippen LogP contribution in [-0.2, 0) is 4.79 Å². The molecule has 0 spiro atoms. The Balaban J connectivity index is 1.93. The molecule has 2 rings (SSSR count). The van der Waals surface area contributed by atoms with Crippen molar-refractivity contribution in [3.8, 4) is 0 Å². The zero-order valence-corrected chi connectivity index (χ0v) is 13.5. The number of hydrogen-bond acceptors (Lipinski definition) is 4. The van der Waals surface area contributed by atoms with Gasteiger partial charge in [-0.25, -0.2) is 4.99 Å². The number of amides is 1. The van der Waals surface area contributed by atoms with Gasteiger partial charge in [0.05, 0.1) is 18.7 Å². The SMILES string of the molecule is C/C=C/c1cc(N=C(N)CC(=N)N2CCN(CC)C(=O)C2)n[nH]1. The fourth-order valence-electron chi connectivity index (χ4n) is 2.39. The molecular formula is C15H23N7O. The Morgan fingerprint density at radius 3 is 3.00 bits per heavy atom. The molecule has 4 N–H and O–H groups in total. The molecule has 1 aliphatic heterocycles. The van der Waals surface area contributed by atoms with Crippen LogP contribution in [0.2, 0.25) is 0 Å². The summed E-state index contributed by atoms with van der Waals surface area (Å²) in [5.74, 6) is 1.14. The molecule has 1 saturated heterocycles. The maximum Gasteiger partial charge on any atom is 0.242 e. The molecule has 0 atom stereocenters. The van der Waals surface area contributed by atoms with Gasteiger partial charge in [-0.15, -0.1) is 0 Å². The van der Waals surface area contributed by atoms with Crippen LogP contribution in [-0.4, -0.2) is 63.8 Å². The Hall–Kier alpha value is -2.64. The summed E-state index contributed by atoms with van der Waals surface area (Å²) >= 11 is 0. The van der Waals surface area contributed by atoms with Gasteiger partial charge >= 0.3 is 0 Å². The molecule has 1 amide bonds. The van der Waals surface area contributed by atoms with Crippen molar-refractivity contribution in [2.24, 2.45) is 10.7 Å². The molecule has 0 bridgehead atoms. The van der Waals surface area contributed by atoms with Crippen LogP contribution in [0.3, 0.4) is 0 Å². The number of nitrogens with two attached hydrogens (primary N) is 1. The van der Waals surface area contributed by atoms with Crippen LogP contribution in [0.1, 0.15) is 26.0 Å². The Morgan fingerprint density at radius 1 is 1.57 bits per heavy atom. The summed E-state index contributed by atoms with van der Waals surface area (Å²) in [6.45, 7) is 6.10. The van der Waals surface area contributed by atoms with Gasteiger partial charge in [0.25, 0.3) is 0 Å². The number of piperazine rings is 1. The number of nitrogens with zero attached hydrogens (tertiary/aromatic N) is 4. The van der Waals surface area contributed by atoms with Crippen molar-refractivity contribution in [3.63, 3.8) is 0 Å². The molecule has 23 heavy (non-hydrogen) atoms. The molecule has 8 nitrogen and oxygen atoms in total. The van der Waals surface area contributed by atoms with Crippen molar-refractivity contribution in [1.29, 1.82) is 5.41 Å². The smallest absolute Gasteiger partial charge is 0.242 e. The van der Waals surface area contributed by atoms with Gasteiger partial charge in [-0.2, -0.15) is 5.10 Å². The van der Waals surface area contributed by atoms with E-state index >= 15 is 0 Å². The van der Waals surface area contributed by atoms with Crippen molar-refractivity contribution in [1.82, 2.24) is 20.0 Å². The molecule has 1 aliphatic rings. The number of nitrogens with one attached hydrogen (secondary N) is 2. The summed E-state index contributed by atoms with van der Waals surface area (Å²) in [4.78, 5) is 19.6. The van der Waals surface area contributed by atoms with Crippen LogP contribution in [0.5, 0.6) is 0 Å². The van der Waals surface area contributed by atoms with Gasteiger partial charge < -0.3 is 15.5 Å². The van der Waals surface area contributed by atoms with Crippen molar-refractivity contribution >= 4 is 29.5 Å². The highest BCUT2D eigenvalue weighted by Crippen LogP contribution is 2.11. The number of rotatable bonds is 5. The van der Waals surface area contributed by atoms with Crippen LogP contribution >= 0.6 is 0 Å². The van der Waals surface area contributed by atoms with Crippen molar-refractivity contribution in [3.05, 3.63) is 17.8 Å². The van der Waals surface area contributed by atoms with Crippen molar-refractivity contribution in [2.75, 3.05) is 26.2 Å². The van der Waals surface area contributed by atoms with Gasteiger partial charge in [0.15, 0.2) is 5.82 Å². The lowest BCUT2D eigenvalue weighted by atomic mass is 10.2. The van der Waals surface area contributed by atoms with Crippen LogP contribution in [0.4, 0.5) is 5.82 Å². The molecule has 2 heterocycles. The fraction of sp³-hybridized carbons (Fsp3) is 0.467. The summed E-state index contributed by atoms with van der Waals surface area (Å²) in [7, 11) is 0. The third-order valence-electron chi connectivity index (χ3n) is 3.62. The average Bonchev–Trinajstić information content (AvgIpc) is 2.94. The lowest BCUT2D eigenvalue weighted by Crippen LogP contribution is -2.52. The maximum atomic E-state index is 11.9. The number of aromatic amines is 1. The molecule has 124 valence electrons. The molecule has 1 fully saturated rings. The molecule has 1 aromatic rings. The average molecular weight is 317 g/mol. The highest BCUT2D eigenvalue weighted by atomic mass is 16.2. The first kappa shape index (κ1) is 16.7. The number of H-pyrrole nitrogens is 1. The second kappa shape index (κ2) is 7.57. The molecular weight excluding hydrogens is 294 g/mol. The predicted molar refractivity (Wildman–Crippen MR) is 90.7 cm³/mol. The maximum absolute atomic E-state index is 11.9. The molecule has 0 unspecified atom stereocenters. The van der Waals surface area contributed by atoms with E-state index < -0.39 is 0 Å². The lowest BCUT2D eigenvalue weighted by Gasteiger charge is -2.35. The zero-order chi connectivity index (χ0) is 16.8. The molecule has 0 aliphatic carbocycles. The van der Waals surface area contributed by atoms with Crippen LogP contribution in [0.25, 0.3) is 6.08 Å². The molecule has 0 radical (unpaired) electrons. The Labute approximate surface area is 135 Å². The minimum Gasteiger partial charge on any atom is -0.387 e. The summed E-state index contributed by atoms with van der Waals surface area (Å²) in [5, 5.41) is 15.0. The van der Waals surface area contributed by atoms with E-state index in [0.717, 1.165) is 5.69 Å². The van der Waals surface area contributed by atoms with E-state index in [1.165, 1.54) is 0 Å². The van der Waals surface area contributed by atoms with E-state index in [1.54, 1.807) is 15.9 Å². The number of aromatic nitrogens is 2. The standard InChI is InChI=1S/C15H23N7O/c1-3-5-11-8-14(20-19-11)18-12(16)9-13(17)22-7-6-21(4-2)15(23)10-22/h3,5,8,17H,4,6-7,9-10H2,1-2H3,(H3,16,18,19,20)/b5-3+,17-13?. The van der Waals surface area contributed by atoms with Crippen LogP contribution in [0, 0.1) is 5.41 Å². The van der Waals surface area contributed by atoms with E-state index in [-0.39, 0.29) is 18.9 Å². The van der Waals surface area contributed by atoms with E-state index in [2.05, 4.69) is 15.2 Å². The number of amidine groups is 2. The third kappa shape index (κ3) is 4.41. The molecule has 0 aromatic carbocycles. The number of allylic oxidation sites excluding steroid dienone is 1. The number of aliphatic imine (C=N–C) groups is 1. The summed E-state index contributed by atoms with van der Waals surface area (Å²) in [5.41, 5.74) is 6.74. The summed E-state index contributed by atoms with van der Waals surface area (Å²) < 4.78 is 0. The number of hydrogen-bond donors (Lipinski definition) is 3. The minimum atomic E-state index is 0.0438. The van der Waals surface area contributed by atoms with E-state index in [9.17, 15) is 4.79 Å². The Kier molecular flexibility index (Phi) is 5.51. The summed E-state index contributed by atoms with van der Waals surface area (Å²) in [6.07, 6.45) is 3.97. The number of carbonyl (C=O) groups excluding carboxylic acids is 1. The van der Waals surface area contributed by atoms with E-state index in [4.69, 9.17) is 11.1 Å². The van der Waals surface area contributed by atoms with E-state index in [0.29, 0.717) is 37.1 Å². The lowest BCUT2D eigenvalue weighted by molar-refractivity contribution is -0.134. The second-order valence-electron chi connectivity index (χ2n) is 5.30.